The third-order valence-electron chi connectivity index (χ3n) is 2.66. The molecular weight excluding hydrogens is 272 g/mol. The SMILES string of the molecule is CCCNc1cc(C(=O)NCc2nccs2)cc(C)n1. The third-order valence-corrected chi connectivity index (χ3v) is 3.43. The highest BCUT2D eigenvalue weighted by Crippen LogP contribution is 2.11. The van der Waals surface area contributed by atoms with E-state index in [0.717, 1.165) is 29.5 Å². The van der Waals surface area contributed by atoms with Crippen molar-refractivity contribution in [1.29, 1.82) is 0 Å². The van der Waals surface area contributed by atoms with E-state index in [9.17, 15) is 4.79 Å². The second-order valence-corrected chi connectivity index (χ2v) is 5.40. The molecule has 5 nitrogen and oxygen atoms in total. The van der Waals surface area contributed by atoms with Crippen LogP contribution < -0.4 is 10.6 Å². The Labute approximate surface area is 122 Å². The topological polar surface area (TPSA) is 66.9 Å². The van der Waals surface area contributed by atoms with Gasteiger partial charge in [-0.1, -0.05) is 6.92 Å². The zero-order valence-corrected chi connectivity index (χ0v) is 12.5. The van der Waals surface area contributed by atoms with Crippen LogP contribution in [0.2, 0.25) is 0 Å². The van der Waals surface area contributed by atoms with Gasteiger partial charge in [0.05, 0.1) is 6.54 Å². The van der Waals surface area contributed by atoms with Crippen molar-refractivity contribution < 1.29 is 4.79 Å². The number of nitrogens with one attached hydrogen (secondary N) is 2. The molecule has 106 valence electrons. The van der Waals surface area contributed by atoms with Crippen LogP contribution in [0.1, 0.15) is 34.4 Å². The highest BCUT2D eigenvalue weighted by molar-refractivity contribution is 7.09. The Morgan fingerprint density at radius 2 is 2.25 bits per heavy atom. The molecular formula is C14H18N4OS. The summed E-state index contributed by atoms with van der Waals surface area (Å²) in [5, 5.41) is 8.85. The van der Waals surface area contributed by atoms with Crippen LogP contribution in [0.4, 0.5) is 5.82 Å². The number of aryl methyl sites for hydroxylation is 1. The highest BCUT2D eigenvalue weighted by Gasteiger charge is 2.09. The molecule has 2 aromatic rings. The predicted octanol–water partition coefficient (Wildman–Crippen LogP) is 2.60. The van der Waals surface area contributed by atoms with Crippen LogP contribution in [0.3, 0.4) is 0 Å². The quantitative estimate of drug-likeness (QED) is 0.858. The Kier molecular flexibility index (Phi) is 5.06. The smallest absolute Gasteiger partial charge is 0.251 e. The average molecular weight is 290 g/mol. The Balaban J connectivity index is 2.02. The largest absolute Gasteiger partial charge is 0.370 e. The van der Waals surface area contributed by atoms with Crippen molar-refractivity contribution in [3.63, 3.8) is 0 Å². The molecule has 0 bridgehead atoms. The summed E-state index contributed by atoms with van der Waals surface area (Å²) in [4.78, 5) is 20.6. The summed E-state index contributed by atoms with van der Waals surface area (Å²) in [6.07, 6.45) is 2.75. The number of rotatable bonds is 6. The van der Waals surface area contributed by atoms with Gasteiger partial charge in [-0.2, -0.15) is 0 Å². The average Bonchev–Trinajstić information content (AvgIpc) is 2.95. The van der Waals surface area contributed by atoms with Gasteiger partial charge < -0.3 is 10.6 Å². The zero-order chi connectivity index (χ0) is 14.4. The first-order valence-electron chi connectivity index (χ1n) is 6.58. The number of pyridine rings is 1. The first-order chi connectivity index (χ1) is 9.69. The fourth-order valence-electron chi connectivity index (χ4n) is 1.74. The van der Waals surface area contributed by atoms with Crippen LogP contribution >= 0.6 is 11.3 Å². The highest BCUT2D eigenvalue weighted by atomic mass is 32.1. The maximum absolute atomic E-state index is 12.1. The molecule has 6 heteroatoms. The second kappa shape index (κ2) is 7.00. The van der Waals surface area contributed by atoms with E-state index in [4.69, 9.17) is 0 Å². The summed E-state index contributed by atoms with van der Waals surface area (Å²) >= 11 is 1.53. The van der Waals surface area contributed by atoms with Gasteiger partial charge in [0.25, 0.3) is 5.91 Å². The van der Waals surface area contributed by atoms with Gasteiger partial charge in [-0.3, -0.25) is 4.79 Å². The fourth-order valence-corrected chi connectivity index (χ4v) is 2.30. The molecule has 2 rings (SSSR count). The molecule has 2 heterocycles. The number of carbonyl (C=O) groups is 1. The van der Waals surface area contributed by atoms with Crippen LogP contribution in [0.5, 0.6) is 0 Å². The number of aromatic nitrogens is 2. The number of thiazole rings is 1. The fraction of sp³-hybridized carbons (Fsp3) is 0.357. The maximum atomic E-state index is 12.1. The van der Waals surface area contributed by atoms with Crippen molar-refractivity contribution in [2.75, 3.05) is 11.9 Å². The lowest BCUT2D eigenvalue weighted by molar-refractivity contribution is 0.0950. The summed E-state index contributed by atoms with van der Waals surface area (Å²) in [5.41, 5.74) is 1.44. The molecule has 0 aromatic carbocycles. The van der Waals surface area contributed by atoms with Crippen LogP contribution in [0.15, 0.2) is 23.7 Å². The van der Waals surface area contributed by atoms with Gasteiger partial charge >= 0.3 is 0 Å². The maximum Gasteiger partial charge on any atom is 0.251 e. The summed E-state index contributed by atoms with van der Waals surface area (Å²) in [5.74, 6) is 0.636. The van der Waals surface area contributed by atoms with Gasteiger partial charge in [-0.15, -0.1) is 11.3 Å². The van der Waals surface area contributed by atoms with E-state index in [-0.39, 0.29) is 5.91 Å². The van der Waals surface area contributed by atoms with E-state index in [0.29, 0.717) is 12.1 Å². The van der Waals surface area contributed by atoms with Crippen molar-refractivity contribution in [2.45, 2.75) is 26.8 Å². The second-order valence-electron chi connectivity index (χ2n) is 4.42. The molecule has 0 unspecified atom stereocenters. The first kappa shape index (κ1) is 14.5. The van der Waals surface area contributed by atoms with E-state index in [1.165, 1.54) is 11.3 Å². The molecule has 20 heavy (non-hydrogen) atoms. The van der Waals surface area contributed by atoms with E-state index in [2.05, 4.69) is 27.5 Å². The van der Waals surface area contributed by atoms with Crippen molar-refractivity contribution in [1.82, 2.24) is 15.3 Å². The van der Waals surface area contributed by atoms with Crippen molar-refractivity contribution >= 4 is 23.1 Å². The molecule has 0 radical (unpaired) electrons. The van der Waals surface area contributed by atoms with Crippen molar-refractivity contribution in [2.24, 2.45) is 0 Å². The van der Waals surface area contributed by atoms with Crippen LogP contribution in [-0.4, -0.2) is 22.4 Å². The molecule has 0 saturated carbocycles. The molecule has 2 aromatic heterocycles. The van der Waals surface area contributed by atoms with E-state index < -0.39 is 0 Å². The van der Waals surface area contributed by atoms with Crippen LogP contribution in [0, 0.1) is 6.92 Å². The molecule has 0 aliphatic heterocycles. The number of carbonyl (C=O) groups excluding carboxylic acids is 1. The number of hydrogen-bond donors (Lipinski definition) is 2. The molecule has 2 N–H and O–H groups in total. The monoisotopic (exact) mass is 290 g/mol. The zero-order valence-electron chi connectivity index (χ0n) is 11.6. The molecule has 0 fully saturated rings. The van der Waals surface area contributed by atoms with Gasteiger partial charge in [0, 0.05) is 29.4 Å². The minimum Gasteiger partial charge on any atom is -0.370 e. The lowest BCUT2D eigenvalue weighted by atomic mass is 10.2. The predicted molar refractivity (Wildman–Crippen MR) is 81.0 cm³/mol. The summed E-state index contributed by atoms with van der Waals surface area (Å²) < 4.78 is 0. The minimum atomic E-state index is -0.106. The molecule has 0 saturated heterocycles. The van der Waals surface area contributed by atoms with Gasteiger partial charge in [-0.05, 0) is 25.5 Å². The summed E-state index contributed by atoms with van der Waals surface area (Å²) in [6, 6.07) is 3.56. The number of nitrogens with zero attached hydrogens (tertiary/aromatic N) is 2. The van der Waals surface area contributed by atoms with Crippen molar-refractivity contribution in [3.05, 3.63) is 40.0 Å². The van der Waals surface area contributed by atoms with E-state index in [1.807, 2.05) is 12.3 Å². The third kappa shape index (κ3) is 4.03. The van der Waals surface area contributed by atoms with Gasteiger partial charge in [0.15, 0.2) is 0 Å². The van der Waals surface area contributed by atoms with Gasteiger partial charge in [-0.25, -0.2) is 9.97 Å². The van der Waals surface area contributed by atoms with E-state index in [1.54, 1.807) is 18.3 Å². The van der Waals surface area contributed by atoms with Gasteiger partial charge in [0.2, 0.25) is 0 Å². The Bertz CT molecular complexity index is 569. The first-order valence-corrected chi connectivity index (χ1v) is 7.46. The molecule has 0 atom stereocenters. The summed E-state index contributed by atoms with van der Waals surface area (Å²) in [6.45, 7) is 5.27. The Morgan fingerprint density at radius 3 is 2.95 bits per heavy atom. The number of hydrogen-bond acceptors (Lipinski definition) is 5. The molecule has 1 amide bonds. The standard InChI is InChI=1S/C14H18N4OS/c1-3-4-15-12-8-11(7-10(2)18-12)14(19)17-9-13-16-5-6-20-13/h5-8H,3-4,9H2,1-2H3,(H,15,18)(H,17,19). The normalized spacial score (nSPS) is 10.3. The molecule has 0 aliphatic rings. The lowest BCUT2D eigenvalue weighted by Gasteiger charge is -2.08. The molecule has 0 spiro atoms. The number of anilines is 1. The van der Waals surface area contributed by atoms with Gasteiger partial charge in [0.1, 0.15) is 10.8 Å². The minimum absolute atomic E-state index is 0.106. The van der Waals surface area contributed by atoms with Crippen molar-refractivity contribution in [3.8, 4) is 0 Å². The molecule has 0 aliphatic carbocycles. The Morgan fingerprint density at radius 1 is 1.40 bits per heavy atom. The number of amides is 1. The lowest BCUT2D eigenvalue weighted by Crippen LogP contribution is -2.23. The van der Waals surface area contributed by atoms with E-state index >= 15 is 0 Å². The Hall–Kier alpha value is -1.95. The van der Waals surface area contributed by atoms with Crippen LogP contribution in [-0.2, 0) is 6.54 Å². The summed E-state index contributed by atoms with van der Waals surface area (Å²) in [7, 11) is 0. The van der Waals surface area contributed by atoms with Crippen LogP contribution in [0.25, 0.3) is 0 Å².